The number of anilines is 1. The first-order valence-corrected chi connectivity index (χ1v) is 8.89. The van der Waals surface area contributed by atoms with Crippen LogP contribution >= 0.6 is 0 Å². The maximum Gasteiger partial charge on any atom is 0.336 e. The van der Waals surface area contributed by atoms with Crippen LogP contribution in [0.15, 0.2) is 51.7 Å². The number of nitrogens with zero attached hydrogens (tertiary/aromatic N) is 1. The number of carbonyl (C=O) groups excluding carboxylic acids is 1. The zero-order valence-corrected chi connectivity index (χ0v) is 15.7. The Balaban J connectivity index is 1.56. The van der Waals surface area contributed by atoms with E-state index in [4.69, 9.17) is 13.9 Å². The van der Waals surface area contributed by atoms with Crippen LogP contribution in [0.5, 0.6) is 11.5 Å². The van der Waals surface area contributed by atoms with Crippen LogP contribution in [-0.2, 0) is 17.9 Å². The Hall–Kier alpha value is -3.32. The van der Waals surface area contributed by atoms with E-state index in [9.17, 15) is 9.59 Å². The molecule has 1 aromatic heterocycles. The average molecular weight is 380 g/mol. The van der Waals surface area contributed by atoms with Crippen LogP contribution in [0.2, 0.25) is 0 Å². The lowest BCUT2D eigenvalue weighted by molar-refractivity contribution is -0.114. The van der Waals surface area contributed by atoms with E-state index in [-0.39, 0.29) is 12.7 Å². The highest BCUT2D eigenvalue weighted by atomic mass is 16.7. The van der Waals surface area contributed by atoms with E-state index in [1.54, 1.807) is 12.1 Å². The molecule has 0 fully saturated rings. The zero-order chi connectivity index (χ0) is 19.7. The van der Waals surface area contributed by atoms with Gasteiger partial charge in [0.15, 0.2) is 11.5 Å². The number of hydrogen-bond acceptors (Lipinski definition) is 6. The van der Waals surface area contributed by atoms with Crippen LogP contribution in [0, 0.1) is 0 Å². The Morgan fingerprint density at radius 1 is 1.07 bits per heavy atom. The summed E-state index contributed by atoms with van der Waals surface area (Å²) in [6.45, 7) is 2.93. The van der Waals surface area contributed by atoms with Crippen molar-refractivity contribution in [1.82, 2.24) is 4.90 Å². The van der Waals surface area contributed by atoms with Crippen molar-refractivity contribution in [2.45, 2.75) is 20.0 Å². The normalized spacial score (nSPS) is 12.5. The molecule has 2 heterocycles. The molecule has 1 aliphatic heterocycles. The van der Waals surface area contributed by atoms with E-state index in [1.807, 2.05) is 31.3 Å². The molecule has 1 N–H and O–H groups in total. The molecule has 0 saturated carbocycles. The van der Waals surface area contributed by atoms with Crippen molar-refractivity contribution in [3.05, 3.63) is 64.0 Å². The molecule has 7 nitrogen and oxygen atoms in total. The predicted molar refractivity (Wildman–Crippen MR) is 105 cm³/mol. The molecular formula is C21H20N2O5. The van der Waals surface area contributed by atoms with Crippen LogP contribution < -0.4 is 20.4 Å². The predicted octanol–water partition coefficient (Wildman–Crippen LogP) is 3.11. The second-order valence-electron chi connectivity index (χ2n) is 6.84. The molecule has 0 unspecified atom stereocenters. The molecule has 1 aliphatic rings. The summed E-state index contributed by atoms with van der Waals surface area (Å²) in [5.74, 6) is 1.33. The van der Waals surface area contributed by atoms with Gasteiger partial charge in [-0.25, -0.2) is 4.79 Å². The molecule has 2 aromatic carbocycles. The molecule has 0 bridgehead atoms. The maximum absolute atomic E-state index is 12.0. The highest BCUT2D eigenvalue weighted by molar-refractivity contribution is 5.92. The first-order chi connectivity index (χ1) is 13.5. The first kappa shape index (κ1) is 18.1. The van der Waals surface area contributed by atoms with Gasteiger partial charge in [0.1, 0.15) is 5.58 Å². The standard InChI is InChI=1S/C21H20N2O5/c1-13(24)22-16-4-5-17-15(8-21(25)28-19(17)9-16)11-23(2)10-14-3-6-18-20(7-14)27-12-26-18/h3-9H,10-12H2,1-2H3,(H,22,24). The lowest BCUT2D eigenvalue weighted by Crippen LogP contribution is -2.18. The monoisotopic (exact) mass is 380 g/mol. The number of amides is 1. The van der Waals surface area contributed by atoms with Crippen molar-refractivity contribution in [1.29, 1.82) is 0 Å². The topological polar surface area (TPSA) is 81.0 Å². The number of carbonyl (C=O) groups is 1. The highest BCUT2D eigenvalue weighted by Gasteiger charge is 2.15. The van der Waals surface area contributed by atoms with Gasteiger partial charge in [-0.1, -0.05) is 6.07 Å². The third-order valence-corrected chi connectivity index (χ3v) is 4.48. The van der Waals surface area contributed by atoms with Crippen LogP contribution in [0.3, 0.4) is 0 Å². The summed E-state index contributed by atoms with van der Waals surface area (Å²) in [6, 6.07) is 12.7. The number of nitrogens with one attached hydrogen (secondary N) is 1. The van der Waals surface area contributed by atoms with Gasteiger partial charge in [0.05, 0.1) is 0 Å². The molecule has 0 radical (unpaired) electrons. The lowest BCUT2D eigenvalue weighted by Gasteiger charge is -2.18. The second kappa shape index (κ2) is 7.36. The van der Waals surface area contributed by atoms with Crippen LogP contribution in [0.4, 0.5) is 5.69 Å². The van der Waals surface area contributed by atoms with Crippen molar-refractivity contribution in [3.63, 3.8) is 0 Å². The van der Waals surface area contributed by atoms with Crippen molar-refractivity contribution in [2.75, 3.05) is 19.2 Å². The lowest BCUT2D eigenvalue weighted by atomic mass is 10.1. The Morgan fingerprint density at radius 3 is 2.71 bits per heavy atom. The highest BCUT2D eigenvalue weighted by Crippen LogP contribution is 2.33. The largest absolute Gasteiger partial charge is 0.454 e. The summed E-state index contributed by atoms with van der Waals surface area (Å²) < 4.78 is 16.1. The van der Waals surface area contributed by atoms with E-state index in [2.05, 4.69) is 10.2 Å². The fraction of sp³-hybridized carbons (Fsp3) is 0.238. The van der Waals surface area contributed by atoms with Crippen molar-refractivity contribution in [3.8, 4) is 11.5 Å². The SMILES string of the molecule is CC(=O)Nc1ccc2c(CN(C)Cc3ccc4c(c3)OCO4)cc(=O)oc2c1. The van der Waals surface area contributed by atoms with Gasteiger partial charge in [-0.2, -0.15) is 0 Å². The van der Waals surface area contributed by atoms with Gasteiger partial charge in [-0.05, 0) is 42.4 Å². The average Bonchev–Trinajstić information content (AvgIpc) is 3.08. The Morgan fingerprint density at radius 2 is 1.89 bits per heavy atom. The van der Waals surface area contributed by atoms with Gasteiger partial charge < -0.3 is 19.2 Å². The van der Waals surface area contributed by atoms with E-state index >= 15 is 0 Å². The number of ether oxygens (including phenoxy) is 2. The third-order valence-electron chi connectivity index (χ3n) is 4.48. The summed E-state index contributed by atoms with van der Waals surface area (Å²) in [5, 5.41) is 3.54. The van der Waals surface area contributed by atoms with Gasteiger partial charge in [-0.15, -0.1) is 0 Å². The molecule has 7 heteroatoms. The van der Waals surface area contributed by atoms with Crippen LogP contribution in [-0.4, -0.2) is 24.6 Å². The molecule has 0 atom stereocenters. The molecule has 144 valence electrons. The van der Waals surface area contributed by atoms with E-state index < -0.39 is 5.63 Å². The van der Waals surface area contributed by atoms with Gasteiger partial charge in [-0.3, -0.25) is 9.69 Å². The number of fused-ring (bicyclic) bond motifs is 2. The van der Waals surface area contributed by atoms with Gasteiger partial charge >= 0.3 is 5.63 Å². The van der Waals surface area contributed by atoms with Crippen molar-refractivity contribution >= 4 is 22.6 Å². The van der Waals surface area contributed by atoms with E-state index in [0.29, 0.717) is 24.4 Å². The molecule has 0 saturated heterocycles. The molecular weight excluding hydrogens is 360 g/mol. The molecule has 0 aliphatic carbocycles. The summed E-state index contributed by atoms with van der Waals surface area (Å²) >= 11 is 0. The summed E-state index contributed by atoms with van der Waals surface area (Å²) in [4.78, 5) is 25.4. The molecule has 4 rings (SSSR count). The Kier molecular flexibility index (Phi) is 4.75. The number of benzene rings is 2. The smallest absolute Gasteiger partial charge is 0.336 e. The van der Waals surface area contributed by atoms with Gasteiger partial charge in [0.25, 0.3) is 0 Å². The minimum atomic E-state index is -0.418. The minimum Gasteiger partial charge on any atom is -0.454 e. The number of rotatable bonds is 5. The minimum absolute atomic E-state index is 0.179. The van der Waals surface area contributed by atoms with Gasteiger partial charge in [0.2, 0.25) is 12.7 Å². The molecule has 28 heavy (non-hydrogen) atoms. The third kappa shape index (κ3) is 3.84. The van der Waals surface area contributed by atoms with E-state index in [0.717, 1.165) is 28.0 Å². The van der Waals surface area contributed by atoms with Crippen LogP contribution in [0.25, 0.3) is 11.0 Å². The maximum atomic E-state index is 12.0. The Labute approximate surface area is 161 Å². The molecule has 1 amide bonds. The summed E-state index contributed by atoms with van der Waals surface area (Å²) in [7, 11) is 1.98. The summed E-state index contributed by atoms with van der Waals surface area (Å²) in [6.07, 6.45) is 0. The fourth-order valence-electron chi connectivity index (χ4n) is 3.34. The zero-order valence-electron chi connectivity index (χ0n) is 15.7. The first-order valence-electron chi connectivity index (χ1n) is 8.89. The molecule has 3 aromatic rings. The Bertz CT molecular complexity index is 1110. The molecule has 0 spiro atoms. The summed E-state index contributed by atoms with van der Waals surface area (Å²) in [5.41, 5.74) is 2.58. The van der Waals surface area contributed by atoms with Crippen LogP contribution in [0.1, 0.15) is 18.1 Å². The van der Waals surface area contributed by atoms with E-state index in [1.165, 1.54) is 13.0 Å². The van der Waals surface area contributed by atoms with Gasteiger partial charge in [0, 0.05) is 43.2 Å². The number of hydrogen-bond donors (Lipinski definition) is 1. The second-order valence-corrected chi connectivity index (χ2v) is 6.84. The fourth-order valence-corrected chi connectivity index (χ4v) is 3.34. The van der Waals surface area contributed by atoms with Crippen molar-refractivity contribution < 1.29 is 18.7 Å². The van der Waals surface area contributed by atoms with Crippen molar-refractivity contribution in [2.24, 2.45) is 0 Å². The quantitative estimate of drug-likeness (QED) is 0.685.